The van der Waals surface area contributed by atoms with Gasteiger partial charge in [-0.25, -0.2) is 4.39 Å². The van der Waals surface area contributed by atoms with E-state index in [2.05, 4.69) is 10.3 Å². The molecule has 1 aliphatic carbocycles. The fourth-order valence-electron chi connectivity index (χ4n) is 2.46. The van der Waals surface area contributed by atoms with Crippen LogP contribution in [-0.2, 0) is 9.53 Å². The minimum Gasteiger partial charge on any atom is -0.469 e. The highest BCUT2D eigenvalue weighted by Crippen LogP contribution is 2.25. The van der Waals surface area contributed by atoms with E-state index in [1.165, 1.54) is 19.4 Å². The standard InChI is InChI=1S/C14H17FN2O3/c1-20-14(19)9-2-4-10(5-3-9)17-13(18)11-6-7-16-8-12(11)15/h6-10H,2-5H2,1H3,(H,17,18). The number of carbonyl (C=O) groups is 2. The third-order valence-electron chi connectivity index (χ3n) is 3.61. The van der Waals surface area contributed by atoms with Gasteiger partial charge in [-0.05, 0) is 31.7 Å². The number of hydrogen-bond acceptors (Lipinski definition) is 4. The lowest BCUT2D eigenvalue weighted by atomic mass is 9.86. The molecule has 1 aliphatic rings. The molecule has 0 bridgehead atoms. The van der Waals surface area contributed by atoms with Crippen molar-refractivity contribution in [2.24, 2.45) is 5.92 Å². The van der Waals surface area contributed by atoms with Crippen LogP contribution in [0.5, 0.6) is 0 Å². The van der Waals surface area contributed by atoms with Crippen LogP contribution >= 0.6 is 0 Å². The molecular weight excluding hydrogens is 263 g/mol. The monoisotopic (exact) mass is 280 g/mol. The van der Waals surface area contributed by atoms with Crippen molar-refractivity contribution >= 4 is 11.9 Å². The molecule has 1 saturated carbocycles. The van der Waals surface area contributed by atoms with Gasteiger partial charge < -0.3 is 10.1 Å². The van der Waals surface area contributed by atoms with Crippen molar-refractivity contribution in [1.29, 1.82) is 0 Å². The number of hydrogen-bond donors (Lipinski definition) is 1. The van der Waals surface area contributed by atoms with Gasteiger partial charge in [0.25, 0.3) is 5.91 Å². The fourth-order valence-corrected chi connectivity index (χ4v) is 2.46. The summed E-state index contributed by atoms with van der Waals surface area (Å²) in [6.45, 7) is 0. The SMILES string of the molecule is COC(=O)C1CCC(NC(=O)c2ccncc2F)CC1. The number of ether oxygens (including phenoxy) is 1. The minimum atomic E-state index is -0.631. The van der Waals surface area contributed by atoms with Gasteiger partial charge in [0.2, 0.25) is 0 Å². The van der Waals surface area contributed by atoms with Crippen LogP contribution in [0.25, 0.3) is 0 Å². The molecule has 1 fully saturated rings. The van der Waals surface area contributed by atoms with E-state index in [1.807, 2.05) is 0 Å². The van der Waals surface area contributed by atoms with Gasteiger partial charge in [0.1, 0.15) is 0 Å². The van der Waals surface area contributed by atoms with Crippen LogP contribution in [0.4, 0.5) is 4.39 Å². The first-order valence-electron chi connectivity index (χ1n) is 6.60. The van der Waals surface area contributed by atoms with E-state index in [-0.39, 0.29) is 23.5 Å². The topological polar surface area (TPSA) is 68.3 Å². The van der Waals surface area contributed by atoms with Gasteiger partial charge in [-0.2, -0.15) is 0 Å². The van der Waals surface area contributed by atoms with Crippen molar-refractivity contribution in [2.45, 2.75) is 31.7 Å². The molecule has 1 aromatic rings. The van der Waals surface area contributed by atoms with Crippen molar-refractivity contribution in [2.75, 3.05) is 7.11 Å². The number of methoxy groups -OCH3 is 1. The molecule has 6 heteroatoms. The number of nitrogens with zero attached hydrogens (tertiary/aromatic N) is 1. The fraction of sp³-hybridized carbons (Fsp3) is 0.500. The molecular formula is C14H17FN2O3. The highest BCUT2D eigenvalue weighted by atomic mass is 19.1. The molecule has 2 rings (SSSR count). The lowest BCUT2D eigenvalue weighted by Crippen LogP contribution is -2.39. The zero-order valence-electron chi connectivity index (χ0n) is 11.3. The summed E-state index contributed by atoms with van der Waals surface area (Å²) in [5.41, 5.74) is -0.00455. The van der Waals surface area contributed by atoms with Crippen LogP contribution in [-0.4, -0.2) is 30.0 Å². The van der Waals surface area contributed by atoms with Crippen LogP contribution in [0.1, 0.15) is 36.0 Å². The molecule has 108 valence electrons. The number of amides is 1. The van der Waals surface area contributed by atoms with E-state index in [1.54, 1.807) is 0 Å². The first-order chi connectivity index (χ1) is 9.61. The summed E-state index contributed by atoms with van der Waals surface area (Å²) in [5.74, 6) is -1.36. The van der Waals surface area contributed by atoms with Crippen molar-refractivity contribution in [3.8, 4) is 0 Å². The van der Waals surface area contributed by atoms with Gasteiger partial charge in [-0.15, -0.1) is 0 Å². The predicted molar refractivity (Wildman–Crippen MR) is 69.4 cm³/mol. The summed E-state index contributed by atoms with van der Waals surface area (Å²) in [4.78, 5) is 26.9. The molecule has 0 aromatic carbocycles. The normalized spacial score (nSPS) is 22.1. The number of nitrogens with one attached hydrogen (secondary N) is 1. The molecule has 0 atom stereocenters. The van der Waals surface area contributed by atoms with E-state index in [4.69, 9.17) is 4.74 Å². The number of halogens is 1. The maximum absolute atomic E-state index is 13.4. The first kappa shape index (κ1) is 14.4. The van der Waals surface area contributed by atoms with Crippen molar-refractivity contribution in [3.63, 3.8) is 0 Å². The second kappa shape index (κ2) is 6.45. The summed E-state index contributed by atoms with van der Waals surface area (Å²) in [6, 6.07) is 1.32. The van der Waals surface area contributed by atoms with E-state index in [0.29, 0.717) is 25.7 Å². The van der Waals surface area contributed by atoms with Crippen LogP contribution in [0.3, 0.4) is 0 Å². The molecule has 0 radical (unpaired) electrons. The lowest BCUT2D eigenvalue weighted by molar-refractivity contribution is -0.146. The number of carbonyl (C=O) groups excluding carboxylic acids is 2. The Labute approximate surface area is 116 Å². The molecule has 0 spiro atoms. The molecule has 1 N–H and O–H groups in total. The predicted octanol–water partition coefficient (Wildman–Crippen LogP) is 1.68. The molecule has 1 amide bonds. The van der Waals surface area contributed by atoms with Crippen LogP contribution in [0.15, 0.2) is 18.5 Å². The van der Waals surface area contributed by atoms with E-state index in [9.17, 15) is 14.0 Å². The second-order valence-electron chi connectivity index (χ2n) is 4.90. The lowest BCUT2D eigenvalue weighted by Gasteiger charge is -2.27. The van der Waals surface area contributed by atoms with E-state index < -0.39 is 11.7 Å². The van der Waals surface area contributed by atoms with Crippen LogP contribution in [0, 0.1) is 11.7 Å². The highest BCUT2D eigenvalue weighted by molar-refractivity contribution is 5.94. The Morgan fingerprint density at radius 1 is 1.35 bits per heavy atom. The van der Waals surface area contributed by atoms with Crippen molar-refractivity contribution in [3.05, 3.63) is 29.8 Å². The summed E-state index contributed by atoms with van der Waals surface area (Å²) in [7, 11) is 1.38. The zero-order chi connectivity index (χ0) is 14.5. The first-order valence-corrected chi connectivity index (χ1v) is 6.60. The molecule has 0 saturated heterocycles. The minimum absolute atomic E-state index is 0.00455. The third-order valence-corrected chi connectivity index (χ3v) is 3.61. The summed E-state index contributed by atoms with van der Waals surface area (Å²) < 4.78 is 18.1. The van der Waals surface area contributed by atoms with E-state index in [0.717, 1.165) is 6.20 Å². The smallest absolute Gasteiger partial charge is 0.308 e. The van der Waals surface area contributed by atoms with Crippen molar-refractivity contribution in [1.82, 2.24) is 10.3 Å². The number of rotatable bonds is 3. The Kier molecular flexibility index (Phi) is 4.65. The Hall–Kier alpha value is -1.98. The summed E-state index contributed by atoms with van der Waals surface area (Å²) >= 11 is 0. The average Bonchev–Trinajstić information content (AvgIpc) is 2.47. The van der Waals surface area contributed by atoms with Crippen molar-refractivity contribution < 1.29 is 18.7 Å². The molecule has 0 unspecified atom stereocenters. The molecule has 1 heterocycles. The quantitative estimate of drug-likeness (QED) is 0.855. The summed E-state index contributed by atoms with van der Waals surface area (Å²) in [5, 5.41) is 2.79. The van der Waals surface area contributed by atoms with Crippen LogP contribution < -0.4 is 5.32 Å². The van der Waals surface area contributed by atoms with Gasteiger partial charge >= 0.3 is 5.97 Å². The Morgan fingerprint density at radius 2 is 2.05 bits per heavy atom. The molecule has 0 aliphatic heterocycles. The average molecular weight is 280 g/mol. The Balaban J connectivity index is 1.88. The Morgan fingerprint density at radius 3 is 2.65 bits per heavy atom. The molecule has 5 nitrogen and oxygen atoms in total. The van der Waals surface area contributed by atoms with Gasteiger partial charge in [0.05, 0.1) is 24.8 Å². The van der Waals surface area contributed by atoms with Gasteiger partial charge in [0.15, 0.2) is 5.82 Å². The maximum atomic E-state index is 13.4. The number of aromatic nitrogens is 1. The number of esters is 1. The highest BCUT2D eigenvalue weighted by Gasteiger charge is 2.28. The number of pyridine rings is 1. The third kappa shape index (κ3) is 3.31. The largest absolute Gasteiger partial charge is 0.469 e. The maximum Gasteiger partial charge on any atom is 0.308 e. The molecule has 20 heavy (non-hydrogen) atoms. The van der Waals surface area contributed by atoms with Gasteiger partial charge in [-0.3, -0.25) is 14.6 Å². The molecule has 1 aromatic heterocycles. The van der Waals surface area contributed by atoms with Crippen LogP contribution in [0.2, 0.25) is 0 Å². The Bertz CT molecular complexity index is 499. The second-order valence-corrected chi connectivity index (χ2v) is 4.90. The van der Waals surface area contributed by atoms with E-state index >= 15 is 0 Å². The van der Waals surface area contributed by atoms with Gasteiger partial charge in [-0.1, -0.05) is 0 Å². The zero-order valence-corrected chi connectivity index (χ0v) is 11.3. The van der Waals surface area contributed by atoms with Gasteiger partial charge in [0, 0.05) is 12.2 Å². The summed E-state index contributed by atoms with van der Waals surface area (Å²) in [6.07, 6.45) is 5.14.